The minimum absolute atomic E-state index is 0.767. The fourth-order valence-corrected chi connectivity index (χ4v) is 0.825. The van der Waals surface area contributed by atoms with Crippen LogP contribution in [0.3, 0.4) is 0 Å². The van der Waals surface area contributed by atoms with E-state index >= 15 is 0 Å². The van der Waals surface area contributed by atoms with Gasteiger partial charge in [0.2, 0.25) is 0 Å². The van der Waals surface area contributed by atoms with Crippen LogP contribution in [0.4, 0.5) is 0 Å². The molecule has 0 aliphatic carbocycles. The minimum Gasteiger partial charge on any atom is -0.497 e. The maximum atomic E-state index is 5.14. The first kappa shape index (κ1) is 6.40. The van der Waals surface area contributed by atoms with Crippen molar-refractivity contribution in [2.75, 3.05) is 6.61 Å². The van der Waals surface area contributed by atoms with Crippen LogP contribution in [0.1, 0.15) is 20.8 Å². The molecule has 0 saturated heterocycles. The third kappa shape index (κ3) is 1.15. The Hall–Kier alpha value is -0.720. The predicted octanol–water partition coefficient (Wildman–Crippen LogP) is 2.26. The molecule has 0 spiro atoms. The third-order valence-electron chi connectivity index (χ3n) is 1.79. The smallest absolute Gasteiger partial charge is 0.109 e. The van der Waals surface area contributed by atoms with Crippen molar-refractivity contribution in [3.63, 3.8) is 0 Å². The molecule has 50 valence electrons. The number of hydrogen-bond donors (Lipinski definition) is 0. The molecule has 1 rings (SSSR count). The highest BCUT2D eigenvalue weighted by Gasteiger charge is 2.03. The molecule has 0 aromatic carbocycles. The molecule has 0 bridgehead atoms. The SMILES string of the molecule is CC1=COCC(C)=C1C. The second-order valence-electron chi connectivity index (χ2n) is 2.52. The zero-order valence-corrected chi connectivity index (χ0v) is 6.19. The van der Waals surface area contributed by atoms with Gasteiger partial charge >= 0.3 is 0 Å². The zero-order valence-electron chi connectivity index (χ0n) is 6.19. The van der Waals surface area contributed by atoms with Gasteiger partial charge in [-0.25, -0.2) is 0 Å². The molecule has 0 atom stereocenters. The highest BCUT2D eigenvalue weighted by molar-refractivity contribution is 5.32. The van der Waals surface area contributed by atoms with E-state index in [1.807, 2.05) is 6.26 Å². The number of hydrogen-bond acceptors (Lipinski definition) is 1. The molecule has 1 nitrogen and oxygen atoms in total. The van der Waals surface area contributed by atoms with Crippen LogP contribution in [-0.2, 0) is 4.74 Å². The Morgan fingerprint density at radius 3 is 2.44 bits per heavy atom. The molecule has 1 aliphatic rings. The van der Waals surface area contributed by atoms with Crippen molar-refractivity contribution in [1.29, 1.82) is 0 Å². The van der Waals surface area contributed by atoms with Crippen molar-refractivity contribution >= 4 is 0 Å². The largest absolute Gasteiger partial charge is 0.497 e. The molecular weight excluding hydrogens is 112 g/mol. The average Bonchev–Trinajstić information content (AvgIpc) is 1.83. The highest BCUT2D eigenvalue weighted by atomic mass is 16.5. The molecule has 1 heterocycles. The van der Waals surface area contributed by atoms with E-state index in [0.717, 1.165) is 6.61 Å². The summed E-state index contributed by atoms with van der Waals surface area (Å²) in [6.07, 6.45) is 1.82. The fraction of sp³-hybridized carbons (Fsp3) is 0.500. The summed E-state index contributed by atoms with van der Waals surface area (Å²) in [6.45, 7) is 7.07. The second-order valence-corrected chi connectivity index (χ2v) is 2.52. The van der Waals surface area contributed by atoms with E-state index in [1.165, 1.54) is 16.7 Å². The van der Waals surface area contributed by atoms with Gasteiger partial charge in [-0.1, -0.05) is 0 Å². The molecule has 1 heteroatoms. The van der Waals surface area contributed by atoms with Gasteiger partial charge in [-0.3, -0.25) is 0 Å². The molecule has 0 N–H and O–H groups in total. The Kier molecular flexibility index (Phi) is 1.60. The summed E-state index contributed by atoms with van der Waals surface area (Å²) >= 11 is 0. The lowest BCUT2D eigenvalue weighted by molar-refractivity contribution is 0.270. The highest BCUT2D eigenvalue weighted by Crippen LogP contribution is 2.17. The molecule has 0 amide bonds. The van der Waals surface area contributed by atoms with E-state index in [0.29, 0.717) is 0 Å². The van der Waals surface area contributed by atoms with Crippen molar-refractivity contribution in [2.24, 2.45) is 0 Å². The molecule has 9 heavy (non-hydrogen) atoms. The van der Waals surface area contributed by atoms with Crippen molar-refractivity contribution < 1.29 is 4.74 Å². The standard InChI is InChI=1S/C8H12O/c1-6-4-9-5-7(2)8(6)3/h4H,5H2,1-3H3. The third-order valence-corrected chi connectivity index (χ3v) is 1.79. The molecule has 1 aliphatic heterocycles. The van der Waals surface area contributed by atoms with Crippen LogP contribution in [0.5, 0.6) is 0 Å². The Balaban J connectivity index is 2.88. The lowest BCUT2D eigenvalue weighted by Crippen LogP contribution is -2.00. The summed E-state index contributed by atoms with van der Waals surface area (Å²) in [7, 11) is 0. The summed E-state index contributed by atoms with van der Waals surface area (Å²) in [6, 6.07) is 0. The fourth-order valence-electron chi connectivity index (χ4n) is 0.825. The van der Waals surface area contributed by atoms with Crippen LogP contribution < -0.4 is 0 Å². The van der Waals surface area contributed by atoms with E-state index in [2.05, 4.69) is 20.8 Å². The second kappa shape index (κ2) is 2.26. The summed E-state index contributed by atoms with van der Waals surface area (Å²) in [4.78, 5) is 0. The van der Waals surface area contributed by atoms with Crippen molar-refractivity contribution in [3.8, 4) is 0 Å². The molecule has 0 fully saturated rings. The van der Waals surface area contributed by atoms with Crippen LogP contribution >= 0.6 is 0 Å². The van der Waals surface area contributed by atoms with Crippen LogP contribution in [0, 0.1) is 0 Å². The van der Waals surface area contributed by atoms with Crippen LogP contribution in [-0.4, -0.2) is 6.61 Å². The Bertz CT molecular complexity index is 175. The van der Waals surface area contributed by atoms with Gasteiger partial charge in [-0.15, -0.1) is 0 Å². The van der Waals surface area contributed by atoms with Crippen LogP contribution in [0.2, 0.25) is 0 Å². The lowest BCUT2D eigenvalue weighted by Gasteiger charge is -2.13. The van der Waals surface area contributed by atoms with Crippen molar-refractivity contribution in [3.05, 3.63) is 23.0 Å². The topological polar surface area (TPSA) is 9.23 Å². The van der Waals surface area contributed by atoms with E-state index in [-0.39, 0.29) is 0 Å². The van der Waals surface area contributed by atoms with E-state index < -0.39 is 0 Å². The van der Waals surface area contributed by atoms with E-state index in [1.54, 1.807) is 0 Å². The predicted molar refractivity (Wildman–Crippen MR) is 38.1 cm³/mol. The van der Waals surface area contributed by atoms with Gasteiger partial charge in [0.05, 0.1) is 6.26 Å². The van der Waals surface area contributed by atoms with Gasteiger partial charge in [0.25, 0.3) is 0 Å². The van der Waals surface area contributed by atoms with E-state index in [4.69, 9.17) is 4.74 Å². The van der Waals surface area contributed by atoms with Crippen molar-refractivity contribution in [2.45, 2.75) is 20.8 Å². The summed E-state index contributed by atoms with van der Waals surface area (Å²) in [5.41, 5.74) is 3.97. The van der Waals surface area contributed by atoms with Gasteiger partial charge in [0.15, 0.2) is 0 Å². The monoisotopic (exact) mass is 124 g/mol. The number of ether oxygens (including phenoxy) is 1. The molecular formula is C8H12O. The van der Waals surface area contributed by atoms with E-state index in [9.17, 15) is 0 Å². The molecule has 0 saturated carbocycles. The maximum Gasteiger partial charge on any atom is 0.109 e. The first-order valence-corrected chi connectivity index (χ1v) is 3.17. The zero-order chi connectivity index (χ0) is 6.85. The summed E-state index contributed by atoms with van der Waals surface area (Å²) < 4.78 is 5.14. The average molecular weight is 124 g/mol. The van der Waals surface area contributed by atoms with Crippen molar-refractivity contribution in [1.82, 2.24) is 0 Å². The Labute approximate surface area is 56.0 Å². The van der Waals surface area contributed by atoms with Crippen LogP contribution in [0.15, 0.2) is 23.0 Å². The summed E-state index contributed by atoms with van der Waals surface area (Å²) in [5.74, 6) is 0. The van der Waals surface area contributed by atoms with Gasteiger partial charge in [-0.05, 0) is 37.5 Å². The first-order valence-electron chi connectivity index (χ1n) is 3.17. The number of allylic oxidation sites excluding steroid dienone is 2. The Morgan fingerprint density at radius 1 is 1.33 bits per heavy atom. The molecule has 0 radical (unpaired) electrons. The van der Waals surface area contributed by atoms with Gasteiger partial charge < -0.3 is 4.74 Å². The maximum absolute atomic E-state index is 5.14. The quantitative estimate of drug-likeness (QED) is 0.481. The van der Waals surface area contributed by atoms with Gasteiger partial charge in [0, 0.05) is 0 Å². The lowest BCUT2D eigenvalue weighted by atomic mass is 10.0. The molecule has 0 aromatic heterocycles. The summed E-state index contributed by atoms with van der Waals surface area (Å²) in [5, 5.41) is 0. The Morgan fingerprint density at radius 2 is 2.00 bits per heavy atom. The molecule has 0 aromatic rings. The van der Waals surface area contributed by atoms with Crippen LogP contribution in [0.25, 0.3) is 0 Å². The van der Waals surface area contributed by atoms with Gasteiger partial charge in [-0.2, -0.15) is 0 Å². The van der Waals surface area contributed by atoms with Gasteiger partial charge in [0.1, 0.15) is 6.61 Å². The molecule has 0 unspecified atom stereocenters. The minimum atomic E-state index is 0.767. The first-order chi connectivity index (χ1) is 4.22. The number of rotatable bonds is 0. The normalized spacial score (nSPS) is 19.2.